The van der Waals surface area contributed by atoms with Crippen LogP contribution in [-0.2, 0) is 4.79 Å². The van der Waals surface area contributed by atoms with Crippen molar-refractivity contribution in [3.05, 3.63) is 60.8 Å². The van der Waals surface area contributed by atoms with Crippen LogP contribution in [-0.4, -0.2) is 34.9 Å². The Kier molecular flexibility index (Phi) is 61.7. The van der Waals surface area contributed by atoms with E-state index in [1.807, 2.05) is 6.08 Å². The van der Waals surface area contributed by atoms with E-state index in [-0.39, 0.29) is 12.5 Å². The van der Waals surface area contributed by atoms with Gasteiger partial charge in [0.25, 0.3) is 0 Å². The lowest BCUT2D eigenvalue weighted by atomic mass is 10.0. The van der Waals surface area contributed by atoms with E-state index in [1.165, 1.54) is 276 Å². The average molecular weight is 1010 g/mol. The van der Waals surface area contributed by atoms with Crippen molar-refractivity contribution in [3.8, 4) is 0 Å². The van der Waals surface area contributed by atoms with Crippen LogP contribution < -0.4 is 5.32 Å². The molecule has 0 bridgehead atoms. The first-order valence-electron chi connectivity index (χ1n) is 32.5. The summed E-state index contributed by atoms with van der Waals surface area (Å²) < 4.78 is 0. The lowest BCUT2D eigenvalue weighted by Crippen LogP contribution is -2.45. The van der Waals surface area contributed by atoms with Crippen LogP contribution in [0.3, 0.4) is 0 Å². The number of carbonyl (C=O) groups is 1. The van der Waals surface area contributed by atoms with E-state index < -0.39 is 12.1 Å². The highest BCUT2D eigenvalue weighted by atomic mass is 16.3. The number of nitrogens with one attached hydrogen (secondary N) is 1. The molecule has 2 atom stereocenters. The molecule has 0 rings (SSSR count). The molecule has 2 unspecified atom stereocenters. The number of allylic oxidation sites excluding steroid dienone is 9. The first-order valence-corrected chi connectivity index (χ1v) is 32.5. The quantitative estimate of drug-likeness (QED) is 0.0420. The Bertz CT molecular complexity index is 1190. The van der Waals surface area contributed by atoms with Crippen molar-refractivity contribution in [3.63, 3.8) is 0 Å². The van der Waals surface area contributed by atoms with E-state index in [0.29, 0.717) is 6.42 Å². The molecular formula is C68H127NO3. The molecule has 4 nitrogen and oxygen atoms in total. The number of hydrogen-bond donors (Lipinski definition) is 3. The maximum Gasteiger partial charge on any atom is 0.220 e. The van der Waals surface area contributed by atoms with Gasteiger partial charge in [0.15, 0.2) is 0 Å². The molecule has 0 heterocycles. The Balaban J connectivity index is 3.41. The van der Waals surface area contributed by atoms with Crippen LogP contribution in [0.15, 0.2) is 60.8 Å². The first kappa shape index (κ1) is 70.1. The molecule has 0 fully saturated rings. The van der Waals surface area contributed by atoms with Crippen LogP contribution in [0.25, 0.3) is 0 Å². The summed E-state index contributed by atoms with van der Waals surface area (Å²) in [5, 5.41) is 23.2. The summed E-state index contributed by atoms with van der Waals surface area (Å²) in [5.74, 6) is -0.0572. The standard InChI is InChI=1S/C68H127NO3/c1-3-5-7-9-11-13-15-17-19-21-23-25-26-27-28-29-30-31-32-33-34-35-36-37-38-39-40-41-42-44-46-48-50-52-54-56-58-60-62-64-68(72)69-66(65-70)67(71)63-61-59-57-55-53-51-49-47-45-43-24-22-20-18-16-14-12-10-8-6-4-2/h5,7,11,13,17,19,23,25,61,63,66-67,70-71H,3-4,6,8-10,12,14-16,18,20-22,24,26-60,62,64-65H2,1-2H3,(H,69,72)/b7-5-,13-11-,19-17-,25-23-,63-61+. The van der Waals surface area contributed by atoms with Gasteiger partial charge in [-0.25, -0.2) is 0 Å². The van der Waals surface area contributed by atoms with E-state index in [4.69, 9.17) is 0 Å². The number of rotatable bonds is 60. The fourth-order valence-corrected chi connectivity index (χ4v) is 10.1. The molecule has 0 aliphatic heterocycles. The summed E-state index contributed by atoms with van der Waals surface area (Å²) in [6.07, 6.45) is 90.0. The second-order valence-electron chi connectivity index (χ2n) is 22.2. The minimum Gasteiger partial charge on any atom is -0.394 e. The molecule has 0 aromatic heterocycles. The van der Waals surface area contributed by atoms with Crippen LogP contribution in [0, 0.1) is 0 Å². The number of amides is 1. The molecule has 0 radical (unpaired) electrons. The molecule has 72 heavy (non-hydrogen) atoms. The molecule has 422 valence electrons. The maximum absolute atomic E-state index is 12.5. The van der Waals surface area contributed by atoms with Gasteiger partial charge in [0.05, 0.1) is 18.8 Å². The Labute approximate surface area is 451 Å². The predicted octanol–water partition coefficient (Wildman–Crippen LogP) is 21.9. The minimum atomic E-state index is -0.839. The first-order chi connectivity index (χ1) is 35.7. The summed E-state index contributed by atoms with van der Waals surface area (Å²) in [6.45, 7) is 4.23. The third kappa shape index (κ3) is 59.0. The number of aliphatic hydroxyl groups excluding tert-OH is 2. The van der Waals surface area contributed by atoms with E-state index in [1.54, 1.807) is 6.08 Å². The number of carbonyl (C=O) groups excluding carboxylic acids is 1. The normalized spacial score (nSPS) is 13.1. The zero-order chi connectivity index (χ0) is 52.0. The SMILES string of the molecule is CC/C=C\C/C=C\C/C=C\C/C=C\CCCCCCCCCCCCCCCCCCCCCCCCCCCCC(=O)NC(CO)C(O)/C=C/CCCCCCCCCCCCCCCCCCCCC. The van der Waals surface area contributed by atoms with Gasteiger partial charge in [-0.15, -0.1) is 0 Å². The van der Waals surface area contributed by atoms with Crippen molar-refractivity contribution in [1.29, 1.82) is 0 Å². The summed E-state index contributed by atoms with van der Waals surface area (Å²) in [7, 11) is 0. The van der Waals surface area contributed by atoms with Gasteiger partial charge in [-0.1, -0.05) is 344 Å². The molecule has 4 heteroatoms. The molecule has 0 aliphatic rings. The second-order valence-corrected chi connectivity index (χ2v) is 22.2. The Morgan fingerprint density at radius 3 is 0.917 bits per heavy atom. The van der Waals surface area contributed by atoms with Gasteiger partial charge in [0, 0.05) is 6.42 Å². The number of aliphatic hydroxyl groups is 2. The smallest absolute Gasteiger partial charge is 0.220 e. The van der Waals surface area contributed by atoms with Crippen molar-refractivity contribution >= 4 is 5.91 Å². The molecule has 0 aromatic rings. The van der Waals surface area contributed by atoms with Crippen LogP contribution in [0.1, 0.15) is 348 Å². The zero-order valence-electron chi connectivity index (χ0n) is 48.7. The average Bonchev–Trinajstić information content (AvgIpc) is 3.39. The van der Waals surface area contributed by atoms with E-state index in [2.05, 4.69) is 67.8 Å². The fraction of sp³-hybridized carbons (Fsp3) is 0.838. The van der Waals surface area contributed by atoms with Gasteiger partial charge < -0.3 is 15.5 Å². The second kappa shape index (κ2) is 63.4. The largest absolute Gasteiger partial charge is 0.394 e. The van der Waals surface area contributed by atoms with Gasteiger partial charge in [0.2, 0.25) is 5.91 Å². The Morgan fingerprint density at radius 2 is 0.611 bits per heavy atom. The van der Waals surface area contributed by atoms with Gasteiger partial charge >= 0.3 is 0 Å². The van der Waals surface area contributed by atoms with Crippen molar-refractivity contribution in [2.75, 3.05) is 6.61 Å². The molecule has 0 saturated carbocycles. The lowest BCUT2D eigenvalue weighted by Gasteiger charge is -2.20. The van der Waals surface area contributed by atoms with E-state index in [9.17, 15) is 15.0 Å². The van der Waals surface area contributed by atoms with Gasteiger partial charge in [0.1, 0.15) is 0 Å². The Hall–Kier alpha value is -1.91. The van der Waals surface area contributed by atoms with Crippen molar-refractivity contribution < 1.29 is 15.0 Å². The van der Waals surface area contributed by atoms with Crippen LogP contribution in [0.5, 0.6) is 0 Å². The zero-order valence-corrected chi connectivity index (χ0v) is 48.7. The summed E-state index contributed by atoms with van der Waals surface area (Å²) >= 11 is 0. The third-order valence-corrected chi connectivity index (χ3v) is 15.0. The third-order valence-electron chi connectivity index (χ3n) is 15.0. The molecular weight excluding hydrogens is 879 g/mol. The molecule has 0 saturated heterocycles. The van der Waals surface area contributed by atoms with E-state index in [0.717, 1.165) is 51.4 Å². The highest BCUT2D eigenvalue weighted by Crippen LogP contribution is 2.18. The minimum absolute atomic E-state index is 0.0572. The molecule has 0 spiro atoms. The summed E-state index contributed by atoms with van der Waals surface area (Å²) in [5.41, 5.74) is 0. The topological polar surface area (TPSA) is 69.6 Å². The summed E-state index contributed by atoms with van der Waals surface area (Å²) in [6, 6.07) is -0.622. The van der Waals surface area contributed by atoms with Crippen LogP contribution in [0.2, 0.25) is 0 Å². The predicted molar refractivity (Wildman–Crippen MR) is 322 cm³/mol. The highest BCUT2D eigenvalue weighted by molar-refractivity contribution is 5.76. The lowest BCUT2D eigenvalue weighted by molar-refractivity contribution is -0.123. The summed E-state index contributed by atoms with van der Waals surface area (Å²) in [4.78, 5) is 12.5. The molecule has 3 N–H and O–H groups in total. The van der Waals surface area contributed by atoms with Crippen molar-refractivity contribution in [2.45, 2.75) is 360 Å². The monoisotopic (exact) mass is 1010 g/mol. The van der Waals surface area contributed by atoms with Gasteiger partial charge in [-0.2, -0.15) is 0 Å². The van der Waals surface area contributed by atoms with E-state index >= 15 is 0 Å². The maximum atomic E-state index is 12.5. The van der Waals surface area contributed by atoms with Crippen molar-refractivity contribution in [1.82, 2.24) is 5.32 Å². The molecule has 0 aromatic carbocycles. The van der Waals surface area contributed by atoms with Crippen LogP contribution in [0.4, 0.5) is 0 Å². The number of unbranched alkanes of at least 4 members (excludes halogenated alkanes) is 45. The van der Waals surface area contributed by atoms with Crippen LogP contribution >= 0.6 is 0 Å². The molecule has 1 amide bonds. The van der Waals surface area contributed by atoms with Crippen molar-refractivity contribution in [2.24, 2.45) is 0 Å². The molecule has 0 aliphatic carbocycles. The van der Waals surface area contributed by atoms with Gasteiger partial charge in [-0.05, 0) is 57.8 Å². The Morgan fingerprint density at radius 1 is 0.347 bits per heavy atom. The highest BCUT2D eigenvalue weighted by Gasteiger charge is 2.18. The van der Waals surface area contributed by atoms with Gasteiger partial charge in [-0.3, -0.25) is 4.79 Å². The fourth-order valence-electron chi connectivity index (χ4n) is 10.1. The number of hydrogen-bond acceptors (Lipinski definition) is 3.